The van der Waals surface area contributed by atoms with E-state index in [1.807, 2.05) is 36.4 Å². The smallest absolute Gasteiger partial charge is 0.168 e. The van der Waals surface area contributed by atoms with E-state index in [9.17, 15) is 4.79 Å². The van der Waals surface area contributed by atoms with Crippen molar-refractivity contribution in [2.45, 2.75) is 6.42 Å². The van der Waals surface area contributed by atoms with Gasteiger partial charge in [-0.2, -0.15) is 0 Å². The third-order valence-corrected chi connectivity index (χ3v) is 3.04. The summed E-state index contributed by atoms with van der Waals surface area (Å²) in [4.78, 5) is 20.7. The highest BCUT2D eigenvalue weighted by Gasteiger charge is 2.10. The molecule has 2 aromatic heterocycles. The summed E-state index contributed by atoms with van der Waals surface area (Å²) in [6.07, 6.45) is 5.47. The highest BCUT2D eigenvalue weighted by Crippen LogP contribution is 2.18. The molecule has 0 fully saturated rings. The van der Waals surface area contributed by atoms with Crippen molar-refractivity contribution in [1.29, 1.82) is 0 Å². The van der Waals surface area contributed by atoms with Crippen molar-refractivity contribution in [1.82, 2.24) is 9.97 Å². The Balaban J connectivity index is 1.98. The number of Topliss-reactive ketones (excluding diaryl/α,β-unsaturated/α-hetero) is 1. The molecule has 0 aliphatic carbocycles. The van der Waals surface area contributed by atoms with Gasteiger partial charge < -0.3 is 0 Å². The number of aromatic nitrogens is 2. The molecule has 3 rings (SSSR count). The lowest BCUT2D eigenvalue weighted by molar-refractivity contribution is 0.0994. The first-order valence-electron chi connectivity index (χ1n) is 6.10. The van der Waals surface area contributed by atoms with Crippen LogP contribution < -0.4 is 0 Å². The maximum Gasteiger partial charge on any atom is 0.168 e. The molecule has 1 aromatic carbocycles. The third-order valence-electron chi connectivity index (χ3n) is 3.04. The number of carbonyl (C=O) groups is 1. The second-order valence-corrected chi connectivity index (χ2v) is 4.34. The Bertz CT molecular complexity index is 718. The molecule has 0 saturated heterocycles. The fraction of sp³-hybridized carbons (Fsp3) is 0.0625. The SMILES string of the molecule is O=C(Cc1cccnc1)c1ccnc2ccccc12. The van der Waals surface area contributed by atoms with Crippen molar-refractivity contribution < 1.29 is 4.79 Å². The molecule has 2 heterocycles. The number of benzene rings is 1. The van der Waals surface area contributed by atoms with E-state index in [1.54, 1.807) is 24.7 Å². The first-order valence-corrected chi connectivity index (χ1v) is 6.10. The molecule has 0 unspecified atom stereocenters. The highest BCUT2D eigenvalue weighted by atomic mass is 16.1. The van der Waals surface area contributed by atoms with E-state index in [-0.39, 0.29) is 5.78 Å². The molecule has 19 heavy (non-hydrogen) atoms. The minimum atomic E-state index is 0.0894. The molecule has 0 atom stereocenters. The van der Waals surface area contributed by atoms with Crippen molar-refractivity contribution in [3.05, 3.63) is 72.2 Å². The molecule has 3 aromatic rings. The lowest BCUT2D eigenvalue weighted by Gasteiger charge is -2.05. The van der Waals surface area contributed by atoms with Gasteiger partial charge in [-0.3, -0.25) is 14.8 Å². The molecule has 0 amide bonds. The van der Waals surface area contributed by atoms with E-state index < -0.39 is 0 Å². The van der Waals surface area contributed by atoms with E-state index in [2.05, 4.69) is 9.97 Å². The fourth-order valence-electron chi connectivity index (χ4n) is 2.12. The van der Waals surface area contributed by atoms with Crippen LogP contribution in [0.5, 0.6) is 0 Å². The molecule has 0 saturated carbocycles. The topological polar surface area (TPSA) is 42.9 Å². The van der Waals surface area contributed by atoms with Crippen LogP contribution in [0.3, 0.4) is 0 Å². The van der Waals surface area contributed by atoms with Crippen molar-refractivity contribution in [2.24, 2.45) is 0 Å². The van der Waals surface area contributed by atoms with Crippen LogP contribution in [0, 0.1) is 0 Å². The molecule has 0 radical (unpaired) electrons. The number of fused-ring (bicyclic) bond motifs is 1. The Hall–Kier alpha value is -2.55. The van der Waals surface area contributed by atoms with E-state index in [0.29, 0.717) is 6.42 Å². The van der Waals surface area contributed by atoms with Gasteiger partial charge in [0.05, 0.1) is 5.52 Å². The summed E-state index contributed by atoms with van der Waals surface area (Å²) in [6.45, 7) is 0. The van der Waals surface area contributed by atoms with Gasteiger partial charge in [0.2, 0.25) is 0 Å². The quantitative estimate of drug-likeness (QED) is 0.669. The maximum absolute atomic E-state index is 12.4. The predicted molar refractivity (Wildman–Crippen MR) is 74.0 cm³/mol. The molecule has 0 N–H and O–H groups in total. The molecule has 3 heteroatoms. The minimum Gasteiger partial charge on any atom is -0.294 e. The molecule has 3 nitrogen and oxygen atoms in total. The molecule has 0 aliphatic heterocycles. The van der Waals surface area contributed by atoms with Gasteiger partial charge in [-0.05, 0) is 23.8 Å². The first kappa shape index (κ1) is 11.5. The normalized spacial score (nSPS) is 10.5. The van der Waals surface area contributed by atoms with E-state index >= 15 is 0 Å². The Kier molecular flexibility index (Phi) is 3.02. The summed E-state index contributed by atoms with van der Waals surface area (Å²) in [5.41, 5.74) is 2.49. The molecule has 0 spiro atoms. The molecule has 92 valence electrons. The van der Waals surface area contributed by atoms with Gasteiger partial charge in [-0.1, -0.05) is 24.3 Å². The summed E-state index contributed by atoms with van der Waals surface area (Å²) in [7, 11) is 0. The van der Waals surface area contributed by atoms with Crippen LogP contribution in [0.25, 0.3) is 10.9 Å². The summed E-state index contributed by atoms with van der Waals surface area (Å²) in [5.74, 6) is 0.0894. The zero-order valence-electron chi connectivity index (χ0n) is 10.3. The average molecular weight is 248 g/mol. The first-order chi connectivity index (χ1) is 9.34. The van der Waals surface area contributed by atoms with E-state index in [1.165, 1.54) is 0 Å². The van der Waals surface area contributed by atoms with Gasteiger partial charge in [0.15, 0.2) is 5.78 Å². The van der Waals surface area contributed by atoms with Crippen LogP contribution in [-0.2, 0) is 6.42 Å². The lowest BCUT2D eigenvalue weighted by atomic mass is 10.0. The number of carbonyl (C=O) groups excluding carboxylic acids is 1. The van der Waals surface area contributed by atoms with Crippen molar-refractivity contribution >= 4 is 16.7 Å². The summed E-state index contributed by atoms with van der Waals surface area (Å²) < 4.78 is 0. The summed E-state index contributed by atoms with van der Waals surface area (Å²) in [5, 5.41) is 0.902. The molecular formula is C16H12N2O. The zero-order valence-corrected chi connectivity index (χ0v) is 10.3. The van der Waals surface area contributed by atoms with Crippen molar-refractivity contribution in [3.63, 3.8) is 0 Å². The van der Waals surface area contributed by atoms with Crippen LogP contribution in [0.15, 0.2) is 61.1 Å². The van der Waals surface area contributed by atoms with Crippen LogP contribution in [0.4, 0.5) is 0 Å². The maximum atomic E-state index is 12.4. The van der Waals surface area contributed by atoms with Gasteiger partial charge in [0, 0.05) is 36.0 Å². The predicted octanol–water partition coefficient (Wildman–Crippen LogP) is 3.06. The molecule has 0 bridgehead atoms. The number of ketones is 1. The van der Waals surface area contributed by atoms with E-state index in [0.717, 1.165) is 22.0 Å². The Labute approximate surface area is 111 Å². The Morgan fingerprint density at radius 2 is 1.89 bits per heavy atom. The minimum absolute atomic E-state index is 0.0894. The van der Waals surface area contributed by atoms with Gasteiger partial charge in [0.1, 0.15) is 0 Å². The third kappa shape index (κ3) is 2.36. The number of para-hydroxylation sites is 1. The lowest BCUT2D eigenvalue weighted by Crippen LogP contribution is -2.05. The molecular weight excluding hydrogens is 236 g/mol. The number of nitrogens with zero attached hydrogens (tertiary/aromatic N) is 2. The van der Waals surface area contributed by atoms with Gasteiger partial charge in [-0.15, -0.1) is 0 Å². The zero-order chi connectivity index (χ0) is 13.1. The number of rotatable bonds is 3. The highest BCUT2D eigenvalue weighted by molar-refractivity contribution is 6.07. The van der Waals surface area contributed by atoms with Crippen LogP contribution >= 0.6 is 0 Å². The Morgan fingerprint density at radius 3 is 2.74 bits per heavy atom. The average Bonchev–Trinajstić information content (AvgIpc) is 2.47. The standard InChI is InChI=1S/C16H12N2O/c19-16(10-12-4-3-8-17-11-12)14-7-9-18-15-6-2-1-5-13(14)15/h1-9,11H,10H2. The number of hydrogen-bond acceptors (Lipinski definition) is 3. The number of pyridine rings is 2. The van der Waals surface area contributed by atoms with E-state index in [4.69, 9.17) is 0 Å². The Morgan fingerprint density at radius 1 is 1.00 bits per heavy atom. The second kappa shape index (κ2) is 4.98. The summed E-state index contributed by atoms with van der Waals surface area (Å²) in [6, 6.07) is 13.2. The van der Waals surface area contributed by atoms with Crippen LogP contribution in [0.2, 0.25) is 0 Å². The molecule has 0 aliphatic rings. The van der Waals surface area contributed by atoms with Gasteiger partial charge >= 0.3 is 0 Å². The van der Waals surface area contributed by atoms with Gasteiger partial charge in [-0.25, -0.2) is 0 Å². The van der Waals surface area contributed by atoms with Crippen molar-refractivity contribution in [2.75, 3.05) is 0 Å². The van der Waals surface area contributed by atoms with Gasteiger partial charge in [0.25, 0.3) is 0 Å². The van der Waals surface area contributed by atoms with Crippen LogP contribution in [0.1, 0.15) is 15.9 Å². The van der Waals surface area contributed by atoms with Crippen molar-refractivity contribution in [3.8, 4) is 0 Å². The fourth-order valence-corrected chi connectivity index (χ4v) is 2.12. The van der Waals surface area contributed by atoms with Crippen LogP contribution in [-0.4, -0.2) is 15.8 Å². The summed E-state index contributed by atoms with van der Waals surface area (Å²) >= 11 is 0. The number of hydrogen-bond donors (Lipinski definition) is 0. The second-order valence-electron chi connectivity index (χ2n) is 4.34. The largest absolute Gasteiger partial charge is 0.294 e. The monoisotopic (exact) mass is 248 g/mol.